The van der Waals surface area contributed by atoms with Gasteiger partial charge in [-0.25, -0.2) is 9.18 Å². The van der Waals surface area contributed by atoms with E-state index in [9.17, 15) is 9.18 Å². The van der Waals surface area contributed by atoms with Gasteiger partial charge in [0, 0.05) is 5.69 Å². The molecule has 0 bridgehead atoms. The minimum absolute atomic E-state index is 0.231. The molecule has 132 valence electrons. The van der Waals surface area contributed by atoms with Crippen LogP contribution in [-0.4, -0.2) is 17.7 Å². The lowest BCUT2D eigenvalue weighted by molar-refractivity contribution is 0.0500. The summed E-state index contributed by atoms with van der Waals surface area (Å²) in [5.41, 5.74) is 1.67. The molecule has 0 atom stereocenters. The summed E-state index contributed by atoms with van der Waals surface area (Å²) in [5.74, 6) is -0.769. The smallest absolute Gasteiger partial charge is 0.338 e. The van der Waals surface area contributed by atoms with Gasteiger partial charge in [0.05, 0.1) is 22.9 Å². The molecule has 2 aromatic carbocycles. The molecule has 0 aliphatic heterocycles. The monoisotopic (exact) mass is 380 g/mol. The van der Waals surface area contributed by atoms with Gasteiger partial charge in [0.25, 0.3) is 0 Å². The quantitative estimate of drug-likeness (QED) is 0.407. The van der Waals surface area contributed by atoms with Crippen LogP contribution in [0.1, 0.15) is 30.1 Å². The van der Waals surface area contributed by atoms with E-state index < -0.39 is 5.82 Å². The lowest BCUT2D eigenvalue weighted by Crippen LogP contribution is -2.19. The standard InChI is InChI=1S/C18H18ClFN2O2S/c1-2-3-10-24-17(23)12-4-7-14(8-5-12)21-18(25)22-16-9-6-13(20)11-15(16)19/h4-9,11H,2-3,10H2,1H3,(H2,21,22,25). The molecular weight excluding hydrogens is 363 g/mol. The average molecular weight is 381 g/mol. The molecule has 0 aliphatic rings. The molecule has 0 spiro atoms. The summed E-state index contributed by atoms with van der Waals surface area (Å²) in [6.45, 7) is 2.45. The second kappa shape index (κ2) is 9.34. The molecule has 0 amide bonds. The molecule has 0 unspecified atom stereocenters. The van der Waals surface area contributed by atoms with Crippen molar-refractivity contribution in [1.29, 1.82) is 0 Å². The van der Waals surface area contributed by atoms with Crippen LogP contribution in [0, 0.1) is 5.82 Å². The largest absolute Gasteiger partial charge is 0.462 e. The van der Waals surface area contributed by atoms with Crippen molar-refractivity contribution in [3.05, 3.63) is 58.9 Å². The van der Waals surface area contributed by atoms with E-state index in [1.54, 1.807) is 24.3 Å². The number of nitrogens with one attached hydrogen (secondary N) is 2. The zero-order chi connectivity index (χ0) is 18.2. The van der Waals surface area contributed by atoms with Gasteiger partial charge in [0.15, 0.2) is 5.11 Å². The minimum atomic E-state index is -0.421. The highest BCUT2D eigenvalue weighted by Crippen LogP contribution is 2.22. The Hall–Kier alpha value is -2.18. The number of hydrogen-bond acceptors (Lipinski definition) is 3. The van der Waals surface area contributed by atoms with E-state index in [0.717, 1.165) is 12.8 Å². The first-order valence-electron chi connectivity index (χ1n) is 7.80. The number of benzene rings is 2. The second-order valence-corrected chi connectivity index (χ2v) is 6.09. The summed E-state index contributed by atoms with van der Waals surface area (Å²) >= 11 is 11.1. The average Bonchev–Trinajstić information content (AvgIpc) is 2.58. The Morgan fingerprint density at radius 3 is 2.56 bits per heavy atom. The third-order valence-electron chi connectivity index (χ3n) is 3.29. The molecule has 0 aromatic heterocycles. The topological polar surface area (TPSA) is 50.4 Å². The van der Waals surface area contributed by atoms with Crippen molar-refractivity contribution in [3.8, 4) is 0 Å². The molecule has 0 saturated carbocycles. The Morgan fingerprint density at radius 2 is 1.92 bits per heavy atom. The zero-order valence-corrected chi connectivity index (χ0v) is 15.2. The first-order chi connectivity index (χ1) is 12.0. The third kappa shape index (κ3) is 5.99. The number of esters is 1. The van der Waals surface area contributed by atoms with Gasteiger partial charge in [-0.1, -0.05) is 24.9 Å². The van der Waals surface area contributed by atoms with E-state index in [2.05, 4.69) is 10.6 Å². The maximum Gasteiger partial charge on any atom is 0.338 e. The summed E-state index contributed by atoms with van der Waals surface area (Å²) in [5, 5.41) is 6.38. The van der Waals surface area contributed by atoms with Crippen molar-refractivity contribution in [3.63, 3.8) is 0 Å². The highest BCUT2D eigenvalue weighted by molar-refractivity contribution is 7.80. The number of halogens is 2. The maximum atomic E-state index is 13.0. The van der Waals surface area contributed by atoms with Crippen LogP contribution in [-0.2, 0) is 4.74 Å². The van der Waals surface area contributed by atoms with Crippen LogP contribution in [0.3, 0.4) is 0 Å². The molecular formula is C18H18ClFN2O2S. The molecule has 2 N–H and O–H groups in total. The molecule has 0 aliphatic carbocycles. The highest BCUT2D eigenvalue weighted by atomic mass is 35.5. The number of carbonyl (C=O) groups excluding carboxylic acids is 1. The van der Waals surface area contributed by atoms with Gasteiger partial charge in [-0.2, -0.15) is 0 Å². The Balaban J connectivity index is 1.91. The molecule has 4 nitrogen and oxygen atoms in total. The van der Waals surface area contributed by atoms with Crippen molar-refractivity contribution in [2.24, 2.45) is 0 Å². The summed E-state index contributed by atoms with van der Waals surface area (Å²) in [6, 6.07) is 10.7. The van der Waals surface area contributed by atoms with E-state index >= 15 is 0 Å². The Labute approximate surface area is 156 Å². The first kappa shape index (κ1) is 19.1. The number of hydrogen-bond donors (Lipinski definition) is 2. The molecule has 2 rings (SSSR count). The van der Waals surface area contributed by atoms with E-state index in [0.29, 0.717) is 28.7 Å². The van der Waals surface area contributed by atoms with Crippen LogP contribution >= 0.6 is 23.8 Å². The van der Waals surface area contributed by atoms with E-state index in [4.69, 9.17) is 28.6 Å². The normalized spacial score (nSPS) is 10.2. The number of thiocarbonyl (C=S) groups is 1. The van der Waals surface area contributed by atoms with Crippen LogP contribution < -0.4 is 10.6 Å². The molecule has 0 saturated heterocycles. The summed E-state index contributed by atoms with van der Waals surface area (Å²) in [6.07, 6.45) is 1.82. The lowest BCUT2D eigenvalue weighted by Gasteiger charge is -2.12. The van der Waals surface area contributed by atoms with E-state index in [1.807, 2.05) is 6.92 Å². The second-order valence-electron chi connectivity index (χ2n) is 5.27. The maximum absolute atomic E-state index is 13.0. The van der Waals surface area contributed by atoms with Gasteiger partial charge < -0.3 is 15.4 Å². The number of carbonyl (C=O) groups is 1. The summed E-state index contributed by atoms with van der Waals surface area (Å²) in [4.78, 5) is 11.8. The van der Waals surface area contributed by atoms with E-state index in [-0.39, 0.29) is 11.0 Å². The first-order valence-corrected chi connectivity index (χ1v) is 8.58. The van der Waals surface area contributed by atoms with Gasteiger partial charge in [0.1, 0.15) is 5.82 Å². The number of rotatable bonds is 6. The van der Waals surface area contributed by atoms with Gasteiger partial charge in [-0.15, -0.1) is 0 Å². The number of unbranched alkanes of at least 4 members (excludes halogenated alkanes) is 1. The molecule has 0 radical (unpaired) electrons. The van der Waals surface area contributed by atoms with Crippen LogP contribution in [0.15, 0.2) is 42.5 Å². The van der Waals surface area contributed by atoms with Crippen molar-refractivity contribution in [2.75, 3.05) is 17.2 Å². The van der Waals surface area contributed by atoms with Crippen molar-refractivity contribution in [1.82, 2.24) is 0 Å². The van der Waals surface area contributed by atoms with E-state index in [1.165, 1.54) is 18.2 Å². The Morgan fingerprint density at radius 1 is 1.20 bits per heavy atom. The fraction of sp³-hybridized carbons (Fsp3) is 0.222. The van der Waals surface area contributed by atoms with Crippen LogP contribution in [0.25, 0.3) is 0 Å². The van der Waals surface area contributed by atoms with Crippen LogP contribution in [0.4, 0.5) is 15.8 Å². The Bertz CT molecular complexity index is 753. The lowest BCUT2D eigenvalue weighted by atomic mass is 10.2. The fourth-order valence-electron chi connectivity index (χ4n) is 1.96. The molecule has 25 heavy (non-hydrogen) atoms. The summed E-state index contributed by atoms with van der Waals surface area (Å²) in [7, 11) is 0. The van der Waals surface area contributed by atoms with Crippen molar-refractivity contribution >= 4 is 46.3 Å². The predicted octanol–water partition coefficient (Wildman–Crippen LogP) is 5.24. The summed E-state index contributed by atoms with van der Waals surface area (Å²) < 4.78 is 18.2. The van der Waals surface area contributed by atoms with Gasteiger partial charge in [0.2, 0.25) is 0 Å². The SMILES string of the molecule is CCCCOC(=O)c1ccc(NC(=S)Nc2ccc(F)cc2Cl)cc1. The van der Waals surface area contributed by atoms with Crippen molar-refractivity contribution < 1.29 is 13.9 Å². The van der Waals surface area contributed by atoms with Gasteiger partial charge in [-0.3, -0.25) is 0 Å². The minimum Gasteiger partial charge on any atom is -0.462 e. The Kier molecular flexibility index (Phi) is 7.16. The number of anilines is 2. The van der Waals surface area contributed by atoms with Crippen LogP contribution in [0.2, 0.25) is 5.02 Å². The zero-order valence-electron chi connectivity index (χ0n) is 13.6. The predicted molar refractivity (Wildman–Crippen MR) is 103 cm³/mol. The molecule has 0 fully saturated rings. The molecule has 7 heteroatoms. The molecule has 2 aromatic rings. The van der Waals surface area contributed by atoms with Crippen molar-refractivity contribution in [2.45, 2.75) is 19.8 Å². The van der Waals surface area contributed by atoms with Gasteiger partial charge >= 0.3 is 5.97 Å². The molecule has 0 heterocycles. The third-order valence-corrected chi connectivity index (χ3v) is 3.81. The van der Waals surface area contributed by atoms with Gasteiger partial charge in [-0.05, 0) is 61.1 Å². The fourth-order valence-corrected chi connectivity index (χ4v) is 2.40. The van der Waals surface area contributed by atoms with Crippen LogP contribution in [0.5, 0.6) is 0 Å². The highest BCUT2D eigenvalue weighted by Gasteiger charge is 2.08. The number of ether oxygens (including phenoxy) is 1.